The van der Waals surface area contributed by atoms with E-state index in [0.717, 1.165) is 13.1 Å². The van der Waals surface area contributed by atoms with Crippen molar-refractivity contribution in [2.45, 2.75) is 20.3 Å². The van der Waals surface area contributed by atoms with E-state index in [1.54, 1.807) is 0 Å². The first-order valence-electron chi connectivity index (χ1n) is 6.17. The Balaban J connectivity index is 2.71. The molecule has 1 heterocycles. The van der Waals surface area contributed by atoms with Crippen molar-refractivity contribution in [2.75, 3.05) is 42.7 Å². The molecule has 0 aliphatic heterocycles. The Morgan fingerprint density at radius 1 is 1.32 bits per heavy atom. The molecule has 0 fully saturated rings. The van der Waals surface area contributed by atoms with Gasteiger partial charge in [-0.1, -0.05) is 0 Å². The fourth-order valence-electron chi connectivity index (χ4n) is 1.49. The molecule has 1 aromatic heterocycles. The fraction of sp³-hybridized carbons (Fsp3) is 0.636. The van der Waals surface area contributed by atoms with Crippen LogP contribution in [0, 0.1) is 0 Å². The summed E-state index contributed by atoms with van der Waals surface area (Å²) in [5.74, 6) is 0.743. The summed E-state index contributed by atoms with van der Waals surface area (Å²) in [6.07, 6.45) is 0.239. The van der Waals surface area contributed by atoms with Crippen molar-refractivity contribution in [1.29, 1.82) is 0 Å². The van der Waals surface area contributed by atoms with Gasteiger partial charge < -0.3 is 20.7 Å². The van der Waals surface area contributed by atoms with E-state index in [1.807, 2.05) is 18.7 Å². The Hall–Kier alpha value is -2.12. The molecule has 0 saturated heterocycles. The highest BCUT2D eigenvalue weighted by Gasteiger charge is 2.09. The lowest BCUT2D eigenvalue weighted by molar-refractivity contribution is -0.140. The Bertz CT molecular complexity index is 422. The first-order valence-corrected chi connectivity index (χ1v) is 6.17. The largest absolute Gasteiger partial charge is 0.469 e. The molecule has 1 aromatic rings. The molecular formula is C11H20N6O2. The molecule has 8 heteroatoms. The standard InChI is InChI=1S/C11H20N6O2/c1-4-17(5-2)11-15-9(12)14-10(16-11)13-7-6-8(18)19-3/h4-7H2,1-3H3,(H3,12,13,14,15,16). The Morgan fingerprint density at radius 2 is 2.00 bits per heavy atom. The minimum Gasteiger partial charge on any atom is -0.469 e. The zero-order valence-electron chi connectivity index (χ0n) is 11.5. The molecule has 106 valence electrons. The normalized spacial score (nSPS) is 10.1. The quantitative estimate of drug-likeness (QED) is 0.679. The first kappa shape index (κ1) is 14.9. The van der Waals surface area contributed by atoms with Crippen LogP contribution in [-0.4, -0.2) is 47.7 Å². The zero-order chi connectivity index (χ0) is 14.3. The summed E-state index contributed by atoms with van der Waals surface area (Å²) in [6.45, 7) is 5.96. The van der Waals surface area contributed by atoms with Gasteiger partial charge in [0, 0.05) is 19.6 Å². The second kappa shape index (κ2) is 7.34. The summed E-state index contributed by atoms with van der Waals surface area (Å²) in [7, 11) is 1.35. The van der Waals surface area contributed by atoms with Crippen molar-refractivity contribution in [3.8, 4) is 0 Å². The van der Waals surface area contributed by atoms with Crippen molar-refractivity contribution in [1.82, 2.24) is 15.0 Å². The summed E-state index contributed by atoms with van der Waals surface area (Å²) < 4.78 is 4.54. The molecule has 0 aliphatic carbocycles. The number of nitrogens with two attached hydrogens (primary N) is 1. The molecule has 0 aliphatic rings. The van der Waals surface area contributed by atoms with Gasteiger partial charge in [-0.25, -0.2) is 0 Å². The Labute approximate surface area is 112 Å². The van der Waals surface area contributed by atoms with E-state index in [-0.39, 0.29) is 18.3 Å². The van der Waals surface area contributed by atoms with Gasteiger partial charge in [0.15, 0.2) is 0 Å². The van der Waals surface area contributed by atoms with Gasteiger partial charge in [-0.2, -0.15) is 15.0 Å². The number of hydrogen-bond acceptors (Lipinski definition) is 8. The Morgan fingerprint density at radius 3 is 2.58 bits per heavy atom. The second-order valence-electron chi connectivity index (χ2n) is 3.74. The first-order chi connectivity index (χ1) is 9.10. The van der Waals surface area contributed by atoms with E-state index >= 15 is 0 Å². The number of anilines is 3. The molecule has 0 unspecified atom stereocenters. The minimum atomic E-state index is -0.293. The fourth-order valence-corrected chi connectivity index (χ4v) is 1.49. The van der Waals surface area contributed by atoms with Crippen LogP contribution in [0.3, 0.4) is 0 Å². The van der Waals surface area contributed by atoms with Crippen LogP contribution in [0.25, 0.3) is 0 Å². The van der Waals surface area contributed by atoms with E-state index in [1.165, 1.54) is 7.11 Å². The summed E-state index contributed by atoms with van der Waals surface area (Å²) >= 11 is 0. The third-order valence-corrected chi connectivity index (χ3v) is 2.53. The van der Waals surface area contributed by atoms with Gasteiger partial charge in [0.1, 0.15) is 0 Å². The molecule has 3 N–H and O–H groups in total. The van der Waals surface area contributed by atoms with Gasteiger partial charge in [0.25, 0.3) is 0 Å². The SMILES string of the molecule is CCN(CC)c1nc(N)nc(NCCC(=O)OC)n1. The van der Waals surface area contributed by atoms with Gasteiger partial charge >= 0.3 is 5.97 Å². The van der Waals surface area contributed by atoms with Crippen molar-refractivity contribution in [3.63, 3.8) is 0 Å². The van der Waals surface area contributed by atoms with Gasteiger partial charge in [-0.3, -0.25) is 4.79 Å². The van der Waals surface area contributed by atoms with Crippen LogP contribution in [0.1, 0.15) is 20.3 Å². The van der Waals surface area contributed by atoms with Crippen molar-refractivity contribution >= 4 is 23.8 Å². The molecule has 19 heavy (non-hydrogen) atoms. The number of nitrogens with one attached hydrogen (secondary N) is 1. The number of carbonyl (C=O) groups is 1. The van der Waals surface area contributed by atoms with Crippen LogP contribution in [0.2, 0.25) is 0 Å². The number of nitrogens with zero attached hydrogens (tertiary/aromatic N) is 4. The summed E-state index contributed by atoms with van der Waals surface area (Å²) in [6, 6.07) is 0. The molecule has 0 bridgehead atoms. The molecular weight excluding hydrogens is 248 g/mol. The lowest BCUT2D eigenvalue weighted by atomic mass is 10.4. The van der Waals surface area contributed by atoms with Crippen LogP contribution >= 0.6 is 0 Å². The number of nitrogen functional groups attached to an aromatic ring is 1. The van der Waals surface area contributed by atoms with Crippen molar-refractivity contribution in [2.24, 2.45) is 0 Å². The smallest absolute Gasteiger partial charge is 0.307 e. The number of hydrogen-bond donors (Lipinski definition) is 2. The van der Waals surface area contributed by atoms with Gasteiger partial charge in [-0.05, 0) is 13.8 Å². The van der Waals surface area contributed by atoms with E-state index < -0.39 is 0 Å². The molecule has 0 spiro atoms. The third kappa shape index (κ3) is 4.57. The highest BCUT2D eigenvalue weighted by Crippen LogP contribution is 2.11. The topological polar surface area (TPSA) is 106 Å². The maximum absolute atomic E-state index is 11.0. The number of methoxy groups -OCH3 is 1. The summed E-state index contributed by atoms with van der Waals surface area (Å²) in [5.41, 5.74) is 5.64. The highest BCUT2D eigenvalue weighted by atomic mass is 16.5. The highest BCUT2D eigenvalue weighted by molar-refractivity contribution is 5.69. The zero-order valence-corrected chi connectivity index (χ0v) is 11.5. The van der Waals surface area contributed by atoms with Crippen LogP contribution in [0.15, 0.2) is 0 Å². The molecule has 1 rings (SSSR count). The maximum atomic E-state index is 11.0. The maximum Gasteiger partial charge on any atom is 0.307 e. The van der Waals surface area contributed by atoms with Crippen LogP contribution in [-0.2, 0) is 9.53 Å². The van der Waals surface area contributed by atoms with E-state index in [4.69, 9.17) is 5.73 Å². The van der Waals surface area contributed by atoms with E-state index in [0.29, 0.717) is 18.4 Å². The summed E-state index contributed by atoms with van der Waals surface area (Å²) in [4.78, 5) is 25.3. The molecule has 0 atom stereocenters. The molecule has 0 saturated carbocycles. The third-order valence-electron chi connectivity index (χ3n) is 2.53. The number of carbonyl (C=O) groups excluding carboxylic acids is 1. The van der Waals surface area contributed by atoms with E-state index in [2.05, 4.69) is 25.0 Å². The van der Waals surface area contributed by atoms with Gasteiger partial charge in [-0.15, -0.1) is 0 Å². The van der Waals surface area contributed by atoms with Crippen molar-refractivity contribution < 1.29 is 9.53 Å². The average Bonchev–Trinajstić information content (AvgIpc) is 2.39. The monoisotopic (exact) mass is 268 g/mol. The predicted molar refractivity (Wildman–Crippen MR) is 72.9 cm³/mol. The second-order valence-corrected chi connectivity index (χ2v) is 3.74. The molecule has 8 nitrogen and oxygen atoms in total. The molecule has 0 amide bonds. The number of rotatable bonds is 7. The average molecular weight is 268 g/mol. The number of ether oxygens (including phenoxy) is 1. The predicted octanol–water partition coefficient (Wildman–Crippen LogP) is 0.275. The molecule has 0 radical (unpaired) electrons. The van der Waals surface area contributed by atoms with Crippen LogP contribution < -0.4 is 16.0 Å². The number of aromatic nitrogens is 3. The lowest BCUT2D eigenvalue weighted by Crippen LogP contribution is -2.25. The minimum absolute atomic E-state index is 0.150. The van der Waals surface area contributed by atoms with Crippen LogP contribution in [0.4, 0.5) is 17.8 Å². The molecule has 0 aromatic carbocycles. The van der Waals surface area contributed by atoms with Crippen LogP contribution in [0.5, 0.6) is 0 Å². The Kier molecular flexibility index (Phi) is 5.77. The number of esters is 1. The van der Waals surface area contributed by atoms with E-state index in [9.17, 15) is 4.79 Å². The van der Waals surface area contributed by atoms with Crippen molar-refractivity contribution in [3.05, 3.63) is 0 Å². The van der Waals surface area contributed by atoms with Gasteiger partial charge in [0.2, 0.25) is 17.8 Å². The van der Waals surface area contributed by atoms with Gasteiger partial charge in [0.05, 0.1) is 13.5 Å². The summed E-state index contributed by atoms with van der Waals surface area (Å²) in [5, 5.41) is 2.92. The lowest BCUT2D eigenvalue weighted by Gasteiger charge is -2.18.